The van der Waals surface area contributed by atoms with Crippen molar-refractivity contribution in [2.45, 2.75) is 19.4 Å². The molecule has 13 heavy (non-hydrogen) atoms. The Hall–Kier alpha value is -0.120. The fraction of sp³-hybridized carbons (Fsp3) is 1.00. The van der Waals surface area contributed by atoms with Crippen LogP contribution < -0.4 is 0 Å². The fourth-order valence-corrected chi connectivity index (χ4v) is 1.91. The molecule has 78 valence electrons. The third kappa shape index (κ3) is 2.03. The molecule has 2 heterocycles. The van der Waals surface area contributed by atoms with Crippen LogP contribution in [0.3, 0.4) is 0 Å². The lowest BCUT2D eigenvalue weighted by Gasteiger charge is -2.53. The smallest absolute Gasteiger partial charge is 0.0804 e. The van der Waals surface area contributed by atoms with E-state index in [-0.39, 0.29) is 0 Å². The summed E-state index contributed by atoms with van der Waals surface area (Å²) in [6.07, 6.45) is 0. The summed E-state index contributed by atoms with van der Waals surface area (Å²) in [4.78, 5) is 4.83. The van der Waals surface area contributed by atoms with Crippen LogP contribution in [0.15, 0.2) is 0 Å². The average Bonchev–Trinajstić information content (AvgIpc) is 2.10. The molecule has 0 aromatic carbocycles. The summed E-state index contributed by atoms with van der Waals surface area (Å²) in [7, 11) is 4.39. The third-order valence-corrected chi connectivity index (χ3v) is 2.93. The molecule has 2 fully saturated rings. The molecular weight excluding hydrogens is 164 g/mol. The molecule has 3 nitrogen and oxygen atoms in total. The lowest BCUT2D eigenvalue weighted by Crippen LogP contribution is -2.69. The van der Waals surface area contributed by atoms with Gasteiger partial charge in [0.25, 0.3) is 0 Å². The van der Waals surface area contributed by atoms with E-state index in [9.17, 15) is 0 Å². The SMILES string of the molecule is CC.CN1CCN(C)C2(COC2)C1. The molecule has 0 unspecified atom stereocenters. The molecule has 2 aliphatic rings. The second-order valence-electron chi connectivity index (χ2n) is 3.88. The van der Waals surface area contributed by atoms with Gasteiger partial charge in [-0.05, 0) is 14.1 Å². The Morgan fingerprint density at radius 3 is 2.08 bits per heavy atom. The van der Waals surface area contributed by atoms with Gasteiger partial charge >= 0.3 is 0 Å². The quantitative estimate of drug-likeness (QED) is 0.553. The highest BCUT2D eigenvalue weighted by Crippen LogP contribution is 2.27. The van der Waals surface area contributed by atoms with Crippen LogP contribution in [0.25, 0.3) is 0 Å². The van der Waals surface area contributed by atoms with Crippen molar-refractivity contribution in [3.8, 4) is 0 Å². The molecule has 2 aliphatic heterocycles. The Morgan fingerprint density at radius 2 is 1.69 bits per heavy atom. The monoisotopic (exact) mass is 186 g/mol. The Kier molecular flexibility index (Phi) is 3.71. The van der Waals surface area contributed by atoms with Gasteiger partial charge in [0.05, 0.1) is 18.8 Å². The van der Waals surface area contributed by atoms with E-state index in [0.717, 1.165) is 13.2 Å². The van der Waals surface area contributed by atoms with Crippen molar-refractivity contribution in [2.75, 3.05) is 46.9 Å². The first kappa shape index (κ1) is 11.0. The molecule has 0 aromatic heterocycles. The van der Waals surface area contributed by atoms with Gasteiger partial charge in [0, 0.05) is 19.6 Å². The molecule has 0 N–H and O–H groups in total. The highest BCUT2D eigenvalue weighted by molar-refractivity contribution is 5.00. The van der Waals surface area contributed by atoms with Gasteiger partial charge in [0.1, 0.15) is 0 Å². The summed E-state index contributed by atoms with van der Waals surface area (Å²) in [5, 5.41) is 0. The molecule has 0 aliphatic carbocycles. The van der Waals surface area contributed by atoms with Crippen molar-refractivity contribution in [1.29, 1.82) is 0 Å². The first-order valence-electron chi connectivity index (χ1n) is 5.20. The number of piperazine rings is 1. The highest BCUT2D eigenvalue weighted by atomic mass is 16.5. The summed E-state index contributed by atoms with van der Waals surface area (Å²) in [5.74, 6) is 0. The van der Waals surface area contributed by atoms with Gasteiger partial charge in [-0.1, -0.05) is 13.8 Å². The second kappa shape index (κ2) is 4.40. The van der Waals surface area contributed by atoms with Crippen LogP contribution in [-0.2, 0) is 4.74 Å². The van der Waals surface area contributed by atoms with E-state index in [1.54, 1.807) is 0 Å². The van der Waals surface area contributed by atoms with Crippen LogP contribution in [0.2, 0.25) is 0 Å². The predicted molar refractivity (Wildman–Crippen MR) is 55.0 cm³/mol. The molecule has 0 aromatic rings. The molecule has 0 amide bonds. The fourth-order valence-electron chi connectivity index (χ4n) is 1.91. The summed E-state index contributed by atoms with van der Waals surface area (Å²) in [6.45, 7) is 9.39. The van der Waals surface area contributed by atoms with E-state index in [2.05, 4.69) is 23.9 Å². The highest BCUT2D eigenvalue weighted by Gasteiger charge is 2.45. The van der Waals surface area contributed by atoms with Crippen LogP contribution in [-0.4, -0.2) is 62.3 Å². The molecule has 0 radical (unpaired) electrons. The minimum atomic E-state index is 0.368. The van der Waals surface area contributed by atoms with Gasteiger partial charge in [-0.25, -0.2) is 0 Å². The molecule has 2 rings (SSSR count). The van der Waals surface area contributed by atoms with Gasteiger partial charge in [-0.3, -0.25) is 4.90 Å². The topological polar surface area (TPSA) is 15.7 Å². The van der Waals surface area contributed by atoms with Crippen molar-refractivity contribution in [1.82, 2.24) is 9.80 Å². The zero-order valence-corrected chi connectivity index (χ0v) is 9.34. The standard InChI is InChI=1S/C8H16N2O.C2H6/c1-9-3-4-10(2)8(5-9)6-11-7-8;1-2/h3-7H2,1-2H3;1-2H3. The minimum Gasteiger partial charge on any atom is -0.377 e. The van der Waals surface area contributed by atoms with Crippen LogP contribution >= 0.6 is 0 Å². The summed E-state index contributed by atoms with van der Waals surface area (Å²) in [6, 6.07) is 0. The van der Waals surface area contributed by atoms with Crippen LogP contribution in [0.1, 0.15) is 13.8 Å². The first-order chi connectivity index (χ1) is 6.23. The van der Waals surface area contributed by atoms with Crippen molar-refractivity contribution in [3.63, 3.8) is 0 Å². The Balaban J connectivity index is 0.000000396. The largest absolute Gasteiger partial charge is 0.377 e. The lowest BCUT2D eigenvalue weighted by atomic mass is 9.93. The number of likely N-dealkylation sites (N-methyl/N-ethyl adjacent to an activating group) is 2. The zero-order chi connectivity index (χ0) is 9.90. The normalized spacial score (nSPS) is 27.7. The van der Waals surface area contributed by atoms with Gasteiger partial charge in [-0.15, -0.1) is 0 Å². The molecular formula is C10H22N2O. The predicted octanol–water partition coefficient (Wildman–Crippen LogP) is 0.659. The van der Waals surface area contributed by atoms with Crippen LogP contribution in [0.4, 0.5) is 0 Å². The Bertz CT molecular complexity index is 157. The summed E-state index contributed by atoms with van der Waals surface area (Å²) in [5.41, 5.74) is 0.368. The van der Waals surface area contributed by atoms with Crippen LogP contribution in [0, 0.1) is 0 Å². The van der Waals surface area contributed by atoms with Crippen molar-refractivity contribution < 1.29 is 4.74 Å². The molecule has 0 atom stereocenters. The maximum Gasteiger partial charge on any atom is 0.0804 e. The third-order valence-electron chi connectivity index (χ3n) is 2.93. The summed E-state index contributed by atoms with van der Waals surface area (Å²) < 4.78 is 5.27. The average molecular weight is 186 g/mol. The first-order valence-corrected chi connectivity index (χ1v) is 5.20. The number of hydrogen-bond donors (Lipinski definition) is 0. The molecule has 2 saturated heterocycles. The number of ether oxygens (including phenoxy) is 1. The van der Waals surface area contributed by atoms with E-state index < -0.39 is 0 Å². The molecule has 0 bridgehead atoms. The Morgan fingerprint density at radius 1 is 1.08 bits per heavy atom. The number of hydrogen-bond acceptors (Lipinski definition) is 3. The van der Waals surface area contributed by atoms with Gasteiger partial charge in [-0.2, -0.15) is 0 Å². The van der Waals surface area contributed by atoms with Gasteiger partial charge in [0.15, 0.2) is 0 Å². The van der Waals surface area contributed by atoms with E-state index in [4.69, 9.17) is 4.74 Å². The van der Waals surface area contributed by atoms with Crippen molar-refractivity contribution in [2.24, 2.45) is 0 Å². The lowest BCUT2D eigenvalue weighted by molar-refractivity contribution is -0.158. The van der Waals surface area contributed by atoms with E-state index in [1.807, 2.05) is 13.8 Å². The summed E-state index contributed by atoms with van der Waals surface area (Å²) >= 11 is 0. The van der Waals surface area contributed by atoms with Crippen molar-refractivity contribution >= 4 is 0 Å². The van der Waals surface area contributed by atoms with Crippen molar-refractivity contribution in [3.05, 3.63) is 0 Å². The van der Waals surface area contributed by atoms with Gasteiger partial charge < -0.3 is 9.64 Å². The van der Waals surface area contributed by atoms with E-state index >= 15 is 0 Å². The maximum absolute atomic E-state index is 5.27. The zero-order valence-electron chi connectivity index (χ0n) is 9.34. The molecule has 0 saturated carbocycles. The Labute approximate surface area is 81.7 Å². The number of rotatable bonds is 0. The number of nitrogens with zero attached hydrogens (tertiary/aromatic N) is 2. The van der Waals surface area contributed by atoms with Crippen LogP contribution in [0.5, 0.6) is 0 Å². The van der Waals surface area contributed by atoms with E-state index in [1.165, 1.54) is 19.6 Å². The molecule has 3 heteroatoms. The second-order valence-corrected chi connectivity index (χ2v) is 3.88. The molecule has 1 spiro atoms. The maximum atomic E-state index is 5.27. The minimum absolute atomic E-state index is 0.368. The van der Waals surface area contributed by atoms with E-state index in [0.29, 0.717) is 5.54 Å². The van der Waals surface area contributed by atoms with Gasteiger partial charge in [0.2, 0.25) is 0 Å².